The second-order valence-corrected chi connectivity index (χ2v) is 6.10. The van der Waals surface area contributed by atoms with E-state index in [-0.39, 0.29) is 23.2 Å². The molecule has 1 unspecified atom stereocenters. The third-order valence-corrected chi connectivity index (χ3v) is 4.37. The number of rotatable bonds is 6. The fraction of sp³-hybridized carbons (Fsp3) is 0.571. The highest BCUT2D eigenvalue weighted by atomic mass is 32.1. The summed E-state index contributed by atoms with van der Waals surface area (Å²) in [5, 5.41) is 6.50. The molecule has 1 rings (SSSR count). The Morgan fingerprint density at radius 1 is 1.33 bits per heavy atom. The zero-order valence-corrected chi connectivity index (χ0v) is 13.9. The Labute approximate surface area is 129 Å². The molecule has 0 fully saturated rings. The zero-order valence-electron chi connectivity index (χ0n) is 13.1. The van der Waals surface area contributed by atoms with Crippen molar-refractivity contribution in [3.05, 3.63) is 10.4 Å². The molecule has 0 saturated carbocycles. The van der Waals surface area contributed by atoms with Crippen molar-refractivity contribution in [2.75, 3.05) is 24.7 Å². The van der Waals surface area contributed by atoms with Gasteiger partial charge in [-0.3, -0.25) is 4.79 Å². The summed E-state index contributed by atoms with van der Waals surface area (Å²) in [5.74, 6) is -0.458. The quantitative estimate of drug-likeness (QED) is 0.701. The SMILES string of the molecule is CCNC(=O)c1sc(NC(C)C(C)C)c(C(=O)OC)c1N. The molecule has 1 aromatic heterocycles. The van der Waals surface area contributed by atoms with Gasteiger partial charge < -0.3 is 21.1 Å². The number of ether oxygens (including phenoxy) is 1. The molecule has 1 aromatic rings. The van der Waals surface area contributed by atoms with Crippen LogP contribution in [0.15, 0.2) is 0 Å². The van der Waals surface area contributed by atoms with Crippen LogP contribution >= 0.6 is 11.3 Å². The highest BCUT2D eigenvalue weighted by Crippen LogP contribution is 2.37. The smallest absolute Gasteiger partial charge is 0.343 e. The second kappa shape index (κ2) is 7.31. The lowest BCUT2D eigenvalue weighted by Crippen LogP contribution is -2.22. The van der Waals surface area contributed by atoms with Gasteiger partial charge in [-0.1, -0.05) is 13.8 Å². The molecule has 7 heteroatoms. The lowest BCUT2D eigenvalue weighted by atomic mass is 10.1. The number of nitrogen functional groups attached to an aromatic ring is 1. The van der Waals surface area contributed by atoms with Gasteiger partial charge in [0.25, 0.3) is 5.91 Å². The minimum Gasteiger partial charge on any atom is -0.465 e. The van der Waals surface area contributed by atoms with Crippen LogP contribution in [0.5, 0.6) is 0 Å². The van der Waals surface area contributed by atoms with Crippen molar-refractivity contribution in [2.45, 2.75) is 33.7 Å². The predicted octanol–water partition coefficient (Wildman–Crippen LogP) is 2.32. The summed E-state index contributed by atoms with van der Waals surface area (Å²) < 4.78 is 4.77. The van der Waals surface area contributed by atoms with Crippen molar-refractivity contribution in [3.8, 4) is 0 Å². The Bertz CT molecular complexity index is 526. The van der Waals surface area contributed by atoms with E-state index in [1.165, 1.54) is 18.4 Å². The molecule has 4 N–H and O–H groups in total. The number of esters is 1. The van der Waals surface area contributed by atoms with Crippen LogP contribution in [0.2, 0.25) is 0 Å². The number of nitrogens with two attached hydrogens (primary N) is 1. The number of hydrogen-bond acceptors (Lipinski definition) is 6. The third kappa shape index (κ3) is 3.87. The molecular formula is C14H23N3O3S. The number of methoxy groups -OCH3 is 1. The minimum atomic E-state index is -0.544. The van der Waals surface area contributed by atoms with Crippen molar-refractivity contribution < 1.29 is 14.3 Å². The molecule has 21 heavy (non-hydrogen) atoms. The number of thiophene rings is 1. The molecular weight excluding hydrogens is 290 g/mol. The molecule has 1 heterocycles. The lowest BCUT2D eigenvalue weighted by Gasteiger charge is -2.18. The fourth-order valence-electron chi connectivity index (χ4n) is 1.63. The predicted molar refractivity (Wildman–Crippen MR) is 86.0 cm³/mol. The molecule has 118 valence electrons. The van der Waals surface area contributed by atoms with Gasteiger partial charge in [0.2, 0.25) is 0 Å². The molecule has 0 aromatic carbocycles. The van der Waals surface area contributed by atoms with Crippen LogP contribution in [0.3, 0.4) is 0 Å². The number of amides is 1. The normalized spacial score (nSPS) is 12.1. The third-order valence-electron chi connectivity index (χ3n) is 3.24. The maximum absolute atomic E-state index is 12.0. The van der Waals surface area contributed by atoms with E-state index < -0.39 is 5.97 Å². The van der Waals surface area contributed by atoms with E-state index in [4.69, 9.17) is 10.5 Å². The molecule has 1 atom stereocenters. The van der Waals surface area contributed by atoms with Crippen molar-refractivity contribution in [3.63, 3.8) is 0 Å². The highest BCUT2D eigenvalue weighted by Gasteiger charge is 2.27. The molecule has 0 aliphatic rings. The van der Waals surface area contributed by atoms with Crippen molar-refractivity contribution in [2.24, 2.45) is 5.92 Å². The molecule has 0 saturated heterocycles. The number of carbonyl (C=O) groups is 2. The first-order valence-electron chi connectivity index (χ1n) is 6.88. The van der Waals surface area contributed by atoms with E-state index in [0.29, 0.717) is 22.3 Å². The number of carbonyl (C=O) groups excluding carboxylic acids is 2. The molecule has 6 nitrogen and oxygen atoms in total. The Hall–Kier alpha value is -1.76. The standard InChI is InChI=1S/C14H23N3O3S/c1-6-16-12(18)11-10(15)9(14(19)20-5)13(21-11)17-8(4)7(2)3/h7-8,17H,6,15H2,1-5H3,(H,16,18). The summed E-state index contributed by atoms with van der Waals surface area (Å²) in [4.78, 5) is 24.3. The van der Waals surface area contributed by atoms with Crippen molar-refractivity contribution in [1.29, 1.82) is 0 Å². The van der Waals surface area contributed by atoms with E-state index in [9.17, 15) is 9.59 Å². The Kier molecular flexibility index (Phi) is 6.02. The van der Waals surface area contributed by atoms with Gasteiger partial charge in [0, 0.05) is 12.6 Å². The van der Waals surface area contributed by atoms with E-state index in [0.717, 1.165) is 0 Å². The maximum atomic E-state index is 12.0. The van der Waals surface area contributed by atoms with Crippen LogP contribution in [0.25, 0.3) is 0 Å². The molecule has 0 aliphatic carbocycles. The van der Waals surface area contributed by atoms with Crippen LogP contribution in [0.1, 0.15) is 47.7 Å². The summed E-state index contributed by atoms with van der Waals surface area (Å²) in [6, 6.07) is 0.133. The zero-order chi connectivity index (χ0) is 16.2. The van der Waals surface area contributed by atoms with Crippen LogP contribution in [-0.2, 0) is 4.74 Å². The monoisotopic (exact) mass is 313 g/mol. The van der Waals surface area contributed by atoms with Crippen LogP contribution < -0.4 is 16.4 Å². The van der Waals surface area contributed by atoms with Crippen LogP contribution in [0.4, 0.5) is 10.7 Å². The maximum Gasteiger partial charge on any atom is 0.343 e. The summed E-state index contributed by atoms with van der Waals surface area (Å²) in [7, 11) is 1.29. The second-order valence-electron chi connectivity index (χ2n) is 5.08. The van der Waals surface area contributed by atoms with Crippen LogP contribution in [0, 0.1) is 5.92 Å². The largest absolute Gasteiger partial charge is 0.465 e. The number of nitrogens with one attached hydrogen (secondary N) is 2. The van der Waals surface area contributed by atoms with Gasteiger partial charge in [0.15, 0.2) is 0 Å². The van der Waals surface area contributed by atoms with Gasteiger partial charge in [-0.05, 0) is 19.8 Å². The van der Waals surface area contributed by atoms with Gasteiger partial charge >= 0.3 is 5.97 Å². The van der Waals surface area contributed by atoms with Crippen molar-refractivity contribution in [1.82, 2.24) is 5.32 Å². The van der Waals surface area contributed by atoms with Crippen molar-refractivity contribution >= 4 is 33.9 Å². The molecule has 0 bridgehead atoms. The van der Waals surface area contributed by atoms with Gasteiger partial charge in [-0.25, -0.2) is 4.79 Å². The fourth-order valence-corrected chi connectivity index (χ4v) is 2.75. The van der Waals surface area contributed by atoms with E-state index in [1.807, 2.05) is 13.8 Å². The molecule has 1 amide bonds. The Morgan fingerprint density at radius 2 is 1.95 bits per heavy atom. The molecule has 0 radical (unpaired) electrons. The molecule has 0 aliphatic heterocycles. The van der Waals surface area contributed by atoms with Gasteiger partial charge in [0.05, 0.1) is 12.8 Å². The van der Waals surface area contributed by atoms with E-state index in [1.54, 1.807) is 0 Å². The average molecular weight is 313 g/mol. The summed E-state index contributed by atoms with van der Waals surface area (Å²) in [5.41, 5.74) is 6.37. The Morgan fingerprint density at radius 3 is 2.43 bits per heavy atom. The first-order chi connectivity index (χ1) is 9.83. The summed E-state index contributed by atoms with van der Waals surface area (Å²) in [6.45, 7) is 8.46. The van der Waals surface area contributed by atoms with Gasteiger partial charge in [0.1, 0.15) is 15.4 Å². The summed E-state index contributed by atoms with van der Waals surface area (Å²) >= 11 is 1.17. The highest BCUT2D eigenvalue weighted by molar-refractivity contribution is 7.19. The molecule has 0 spiro atoms. The minimum absolute atomic E-state index is 0.133. The first kappa shape index (κ1) is 17.3. The first-order valence-corrected chi connectivity index (χ1v) is 7.70. The van der Waals surface area contributed by atoms with E-state index >= 15 is 0 Å². The van der Waals surface area contributed by atoms with E-state index in [2.05, 4.69) is 24.5 Å². The van der Waals surface area contributed by atoms with Gasteiger partial charge in [-0.15, -0.1) is 11.3 Å². The Balaban J connectivity index is 3.24. The number of anilines is 2. The lowest BCUT2D eigenvalue weighted by molar-refractivity contribution is 0.0603. The van der Waals surface area contributed by atoms with Crippen LogP contribution in [-0.4, -0.2) is 31.6 Å². The van der Waals surface area contributed by atoms with Gasteiger partial charge in [-0.2, -0.15) is 0 Å². The topological polar surface area (TPSA) is 93.5 Å². The number of hydrogen-bond donors (Lipinski definition) is 3. The average Bonchev–Trinajstić information content (AvgIpc) is 2.75. The summed E-state index contributed by atoms with van der Waals surface area (Å²) in [6.07, 6.45) is 0.